The first-order chi connectivity index (χ1) is 16.3. The zero-order chi connectivity index (χ0) is 24.0. The summed E-state index contributed by atoms with van der Waals surface area (Å²) >= 11 is 3.50. The van der Waals surface area contributed by atoms with Gasteiger partial charge in [-0.1, -0.05) is 63.5 Å². The number of carbonyl (C=O) groups is 2. The Bertz CT molecular complexity index is 1240. The number of rotatable bonds is 5. The van der Waals surface area contributed by atoms with Crippen molar-refractivity contribution in [1.29, 1.82) is 0 Å². The minimum Gasteiger partial charge on any atom is -0.274 e. The number of fused-ring (bicyclic) bond motifs is 3. The molecule has 4 atom stereocenters. The molecular formula is C26H27BrN2O4S. The number of imide groups is 1. The monoisotopic (exact) mass is 542 g/mol. The van der Waals surface area contributed by atoms with E-state index in [1.807, 2.05) is 25.1 Å². The van der Waals surface area contributed by atoms with Gasteiger partial charge in [0.25, 0.3) is 0 Å². The van der Waals surface area contributed by atoms with Gasteiger partial charge in [0.1, 0.15) is 0 Å². The average molecular weight is 543 g/mol. The van der Waals surface area contributed by atoms with Crippen LogP contribution in [-0.4, -0.2) is 43.0 Å². The highest BCUT2D eigenvalue weighted by Gasteiger charge is 2.57. The zero-order valence-corrected chi connectivity index (χ0v) is 21.3. The van der Waals surface area contributed by atoms with Gasteiger partial charge in [-0.2, -0.15) is 4.31 Å². The van der Waals surface area contributed by atoms with E-state index in [9.17, 15) is 18.0 Å². The van der Waals surface area contributed by atoms with Crippen molar-refractivity contribution < 1.29 is 18.0 Å². The normalized spacial score (nSPS) is 27.4. The predicted octanol–water partition coefficient (Wildman–Crippen LogP) is 4.15. The van der Waals surface area contributed by atoms with Gasteiger partial charge in [0, 0.05) is 18.4 Å². The van der Waals surface area contributed by atoms with E-state index < -0.39 is 21.9 Å². The molecule has 2 amide bonds. The number of aryl methyl sites for hydroxylation is 1. The van der Waals surface area contributed by atoms with Crippen molar-refractivity contribution in [2.24, 2.45) is 23.7 Å². The van der Waals surface area contributed by atoms with Gasteiger partial charge in [0.15, 0.2) is 0 Å². The largest absolute Gasteiger partial charge is 0.274 e. The van der Waals surface area contributed by atoms with Crippen LogP contribution < -0.4 is 4.90 Å². The van der Waals surface area contributed by atoms with Crippen molar-refractivity contribution in [2.75, 3.05) is 23.3 Å². The molecule has 6 nitrogen and oxygen atoms in total. The number of hydrogen-bond donors (Lipinski definition) is 0. The number of hydrogen-bond acceptors (Lipinski definition) is 4. The standard InChI is InChI=1S/C26H27BrN2O4S/c1-17-7-9-21(10-8-17)34(32,33)28-14-12-22-19(16-28)15-18(11-13-27)23-24(22)26(31)29(25(23)30)20-5-3-2-4-6-20/h2-10,15,18,22-24H,11-14,16H2,1H3/t18-,22+,23-,24+/m1/s1. The lowest BCUT2D eigenvalue weighted by atomic mass is 9.65. The van der Waals surface area contributed by atoms with Crippen molar-refractivity contribution in [3.05, 3.63) is 71.8 Å². The molecule has 3 aliphatic rings. The van der Waals surface area contributed by atoms with Crippen molar-refractivity contribution in [3.63, 3.8) is 0 Å². The first-order valence-electron chi connectivity index (χ1n) is 11.6. The fourth-order valence-corrected chi connectivity index (χ4v) is 7.68. The number of amides is 2. The number of halogens is 1. The molecule has 0 unspecified atom stereocenters. The molecule has 8 heteroatoms. The SMILES string of the molecule is Cc1ccc(S(=O)(=O)N2CC[C@H]3C(=C[C@@H](CCBr)[C@H]4C(=O)N(c5ccccc5)C(=O)[C@H]43)C2)cc1. The lowest BCUT2D eigenvalue weighted by Crippen LogP contribution is -2.46. The van der Waals surface area contributed by atoms with E-state index in [0.29, 0.717) is 30.4 Å². The molecule has 178 valence electrons. The van der Waals surface area contributed by atoms with E-state index >= 15 is 0 Å². The molecule has 0 N–H and O–H groups in total. The molecular weight excluding hydrogens is 516 g/mol. The van der Waals surface area contributed by atoms with E-state index in [1.165, 1.54) is 9.21 Å². The highest BCUT2D eigenvalue weighted by Crippen LogP contribution is 2.49. The second-order valence-electron chi connectivity index (χ2n) is 9.33. The average Bonchev–Trinajstić information content (AvgIpc) is 3.10. The third-order valence-electron chi connectivity index (χ3n) is 7.36. The van der Waals surface area contributed by atoms with Crippen LogP contribution in [0.2, 0.25) is 0 Å². The highest BCUT2D eigenvalue weighted by atomic mass is 79.9. The second kappa shape index (κ2) is 9.06. The van der Waals surface area contributed by atoms with Gasteiger partial charge in [0.05, 0.1) is 22.4 Å². The first kappa shape index (κ1) is 23.5. The minimum absolute atomic E-state index is 0.109. The molecule has 0 spiro atoms. The molecule has 2 aromatic carbocycles. The van der Waals surface area contributed by atoms with Crippen LogP contribution >= 0.6 is 15.9 Å². The number of nitrogens with zero attached hydrogens (tertiary/aromatic N) is 2. The van der Waals surface area contributed by atoms with E-state index in [4.69, 9.17) is 0 Å². The summed E-state index contributed by atoms with van der Waals surface area (Å²) in [5, 5.41) is 0.702. The molecule has 2 saturated heterocycles. The van der Waals surface area contributed by atoms with Crippen molar-refractivity contribution >= 4 is 43.5 Å². The van der Waals surface area contributed by atoms with Gasteiger partial charge in [-0.3, -0.25) is 14.5 Å². The number of sulfonamides is 1. The molecule has 0 radical (unpaired) electrons. The molecule has 2 aliphatic heterocycles. The fourth-order valence-electron chi connectivity index (χ4n) is 5.70. The molecule has 2 fully saturated rings. The topological polar surface area (TPSA) is 74.8 Å². The lowest BCUT2D eigenvalue weighted by Gasteiger charge is -2.42. The number of alkyl halides is 1. The molecule has 2 heterocycles. The summed E-state index contributed by atoms with van der Waals surface area (Å²) in [4.78, 5) is 28.8. The maximum atomic E-state index is 13.6. The smallest absolute Gasteiger partial charge is 0.243 e. The Hall–Kier alpha value is -2.29. The zero-order valence-electron chi connectivity index (χ0n) is 18.9. The van der Waals surface area contributed by atoms with Gasteiger partial charge in [-0.05, 0) is 55.9 Å². The number of para-hydroxylation sites is 1. The van der Waals surface area contributed by atoms with Gasteiger partial charge < -0.3 is 0 Å². The summed E-state index contributed by atoms with van der Waals surface area (Å²) in [6.45, 7) is 2.51. The Morgan fingerprint density at radius 2 is 1.65 bits per heavy atom. The van der Waals surface area contributed by atoms with Crippen molar-refractivity contribution in [2.45, 2.75) is 24.7 Å². The van der Waals surface area contributed by atoms with Gasteiger partial charge >= 0.3 is 0 Å². The Morgan fingerprint density at radius 3 is 2.32 bits per heavy atom. The summed E-state index contributed by atoms with van der Waals surface area (Å²) < 4.78 is 28.2. The lowest BCUT2D eigenvalue weighted by molar-refractivity contribution is -0.123. The fraction of sp³-hybridized carbons (Fsp3) is 0.385. The van der Waals surface area contributed by atoms with E-state index in [1.54, 1.807) is 36.4 Å². The van der Waals surface area contributed by atoms with Gasteiger partial charge in [-0.15, -0.1) is 0 Å². The van der Waals surface area contributed by atoms with Crippen LogP contribution in [0.25, 0.3) is 0 Å². The molecule has 0 aromatic heterocycles. The van der Waals surface area contributed by atoms with Crippen LogP contribution in [0.4, 0.5) is 5.69 Å². The predicted molar refractivity (Wildman–Crippen MR) is 134 cm³/mol. The minimum atomic E-state index is -3.64. The summed E-state index contributed by atoms with van der Waals surface area (Å²) in [6.07, 6.45) is 3.33. The van der Waals surface area contributed by atoms with Crippen LogP contribution in [-0.2, 0) is 19.6 Å². The summed E-state index contributed by atoms with van der Waals surface area (Å²) in [5.74, 6) is -1.38. The summed E-state index contributed by atoms with van der Waals surface area (Å²) in [6, 6.07) is 16.0. The van der Waals surface area contributed by atoms with Gasteiger partial charge in [-0.25, -0.2) is 8.42 Å². The molecule has 1 aliphatic carbocycles. The first-order valence-corrected chi connectivity index (χ1v) is 14.2. The van der Waals surface area contributed by atoms with Crippen LogP contribution in [0, 0.1) is 30.6 Å². The van der Waals surface area contributed by atoms with Crippen LogP contribution in [0.15, 0.2) is 71.1 Å². The van der Waals surface area contributed by atoms with Crippen LogP contribution in [0.1, 0.15) is 18.4 Å². The molecule has 2 aromatic rings. The van der Waals surface area contributed by atoms with E-state index in [0.717, 1.165) is 11.1 Å². The quantitative estimate of drug-likeness (QED) is 0.323. The third-order valence-corrected chi connectivity index (χ3v) is 9.68. The van der Waals surface area contributed by atoms with Crippen LogP contribution in [0.5, 0.6) is 0 Å². The molecule has 5 rings (SSSR count). The Kier molecular flexibility index (Phi) is 6.25. The highest BCUT2D eigenvalue weighted by molar-refractivity contribution is 9.09. The second-order valence-corrected chi connectivity index (χ2v) is 12.1. The van der Waals surface area contributed by atoms with E-state index in [-0.39, 0.29) is 35.1 Å². The summed E-state index contributed by atoms with van der Waals surface area (Å²) in [7, 11) is -3.64. The van der Waals surface area contributed by atoms with Gasteiger partial charge in [0.2, 0.25) is 21.8 Å². The molecule has 34 heavy (non-hydrogen) atoms. The van der Waals surface area contributed by atoms with Crippen LogP contribution in [0.3, 0.4) is 0 Å². The number of benzene rings is 2. The number of allylic oxidation sites excluding steroid dienone is 1. The summed E-state index contributed by atoms with van der Waals surface area (Å²) in [5.41, 5.74) is 2.57. The van der Waals surface area contributed by atoms with Crippen molar-refractivity contribution in [3.8, 4) is 0 Å². The number of carbonyl (C=O) groups excluding carboxylic acids is 2. The molecule has 0 saturated carbocycles. The number of piperidine rings is 1. The Morgan fingerprint density at radius 1 is 0.971 bits per heavy atom. The maximum Gasteiger partial charge on any atom is 0.243 e. The Labute approximate surface area is 208 Å². The molecule has 0 bridgehead atoms. The number of anilines is 1. The maximum absolute atomic E-state index is 13.6. The van der Waals surface area contributed by atoms with Crippen molar-refractivity contribution in [1.82, 2.24) is 4.31 Å². The Balaban J connectivity index is 1.47. The van der Waals surface area contributed by atoms with E-state index in [2.05, 4.69) is 22.0 Å². The third kappa shape index (κ3) is 3.85.